The molecule has 2 amide bonds. The number of hydrogen-bond donors (Lipinski definition) is 4. The molecular formula is C26H45FmN6O10S-. The Bertz CT molecular complexity index is 1150. The van der Waals surface area contributed by atoms with Gasteiger partial charge in [-0.15, -0.1) is 6.41 Å². The number of amides is 2. The van der Waals surface area contributed by atoms with Crippen molar-refractivity contribution in [1.29, 1.82) is 0 Å². The number of carbonyl (C=O) groups is 3. The summed E-state index contributed by atoms with van der Waals surface area (Å²) in [5.74, 6) is -0.197. The Morgan fingerprint density at radius 1 is 1.14 bits per heavy atom. The van der Waals surface area contributed by atoms with Crippen LogP contribution in [0, 0.1) is 0 Å². The van der Waals surface area contributed by atoms with Gasteiger partial charge in [-0.1, -0.05) is 0 Å². The largest absolute Gasteiger partial charge is 0.518 e. The summed E-state index contributed by atoms with van der Waals surface area (Å²) in [6.07, 6.45) is 6.42. The van der Waals surface area contributed by atoms with Gasteiger partial charge >= 0.3 is 0 Å². The molecule has 2 heterocycles. The average molecular weight is 891 g/mol. The number of likely N-dealkylation sites (N-methyl/N-ethyl adjacent to an activating group) is 1. The molecule has 2 rings (SSSR count). The number of aliphatic hydroxyl groups is 1. The molecule has 18 heteroatoms. The minimum absolute atomic E-state index is 0. The number of rotatable bonds is 18. The van der Waals surface area contributed by atoms with Gasteiger partial charge in [-0.2, -0.15) is 8.42 Å². The number of carbonyl (C=O) groups excluding carboxylic acids is 4. The summed E-state index contributed by atoms with van der Waals surface area (Å²) in [6, 6.07) is 5.79. The minimum atomic E-state index is -3.67. The fraction of sp³-hybridized carbons (Fsp3) is 0.577. The van der Waals surface area contributed by atoms with Gasteiger partial charge in [-0.25, -0.2) is 9.99 Å². The molecule has 258 valence electrons. The van der Waals surface area contributed by atoms with Gasteiger partial charge in [0.05, 0.1) is 45.8 Å². The van der Waals surface area contributed by atoms with Crippen molar-refractivity contribution in [3.05, 3.63) is 30.1 Å². The number of aromatic nitrogens is 2. The number of aldehydes is 2. The van der Waals surface area contributed by atoms with Gasteiger partial charge in [0.2, 0.25) is 5.91 Å². The first-order chi connectivity index (χ1) is 20.5. The van der Waals surface area contributed by atoms with Crippen LogP contribution in [-0.2, 0) is 51.9 Å². The van der Waals surface area contributed by atoms with Gasteiger partial charge in [0, 0.05) is 57.4 Å². The van der Waals surface area contributed by atoms with Gasteiger partial charge in [0.25, 0.3) is 10.1 Å². The molecule has 0 aliphatic carbocycles. The van der Waals surface area contributed by atoms with Crippen LogP contribution >= 0.6 is 0 Å². The van der Waals surface area contributed by atoms with E-state index in [1.807, 2.05) is 29.8 Å². The summed E-state index contributed by atoms with van der Waals surface area (Å²) >= 11 is 0. The number of hydrogen-bond acceptors (Lipinski definition) is 12. The Morgan fingerprint density at radius 3 is 2.30 bits per heavy atom. The molecule has 4 N–H and O–H groups in total. The van der Waals surface area contributed by atoms with Crippen molar-refractivity contribution >= 4 is 46.0 Å². The number of nitrogens with one attached hydrogen (secondary N) is 2. The maximum absolute atomic E-state index is 11.7. The van der Waals surface area contributed by atoms with E-state index in [9.17, 15) is 27.6 Å². The van der Waals surface area contributed by atoms with Crippen LogP contribution in [0.3, 0.4) is 0 Å². The molecule has 0 saturated carbocycles. The van der Waals surface area contributed by atoms with Crippen molar-refractivity contribution in [2.24, 2.45) is 0 Å². The topological polar surface area (TPSA) is 210 Å². The van der Waals surface area contributed by atoms with Gasteiger partial charge < -0.3 is 49.2 Å². The smallest absolute Gasteiger partial charge is 0.261 e. The molecule has 0 bridgehead atoms. The van der Waals surface area contributed by atoms with E-state index in [-0.39, 0.29) is 18.9 Å². The van der Waals surface area contributed by atoms with Crippen LogP contribution < -0.4 is 10.6 Å². The number of aliphatic hydroxyl groups excluding tert-OH is 1. The predicted octanol–water partition coefficient (Wildman–Crippen LogP) is -0.972. The summed E-state index contributed by atoms with van der Waals surface area (Å²) in [4.78, 5) is 47.1. The van der Waals surface area contributed by atoms with E-state index < -0.39 is 10.1 Å². The molecule has 2 aromatic heterocycles. The van der Waals surface area contributed by atoms with E-state index >= 15 is 0 Å². The fourth-order valence-corrected chi connectivity index (χ4v) is 3.02. The number of hydrazine groups is 1. The molecule has 0 aliphatic rings. The van der Waals surface area contributed by atoms with E-state index in [1.165, 1.54) is 5.01 Å². The normalized spacial score (nSPS) is 10.1. The first kappa shape index (κ1) is 44.1. The fourth-order valence-electron chi connectivity index (χ4n) is 3.02. The molecule has 0 aliphatic heterocycles. The van der Waals surface area contributed by atoms with Gasteiger partial charge in [-0.3, -0.25) is 9.35 Å². The number of nitrogens with zero attached hydrogens (tertiary/aromatic N) is 4. The molecule has 0 aromatic carbocycles. The van der Waals surface area contributed by atoms with Crippen LogP contribution in [0.4, 0.5) is 0 Å². The third-order valence-electron chi connectivity index (χ3n) is 4.97. The average Bonchev–Trinajstić information content (AvgIpc) is 3.33. The molecule has 0 fully saturated rings. The predicted molar refractivity (Wildman–Crippen MR) is 160 cm³/mol. The van der Waals surface area contributed by atoms with Crippen LogP contribution in [0.5, 0.6) is 0 Å². The Labute approximate surface area is 253 Å². The molecule has 0 atom stereocenters. The first-order valence-electron chi connectivity index (χ1n) is 13.0. The summed E-state index contributed by atoms with van der Waals surface area (Å²) < 4.78 is 38.1. The van der Waals surface area contributed by atoms with Crippen molar-refractivity contribution in [2.45, 2.75) is 25.9 Å². The van der Waals surface area contributed by atoms with Crippen LogP contribution in [0.15, 0.2) is 24.4 Å². The maximum Gasteiger partial charge on any atom is 0.261 e. The third kappa shape index (κ3) is 23.3. The monoisotopic (exact) mass is 890 g/mol. The van der Waals surface area contributed by atoms with Crippen molar-refractivity contribution in [1.82, 2.24) is 30.2 Å². The van der Waals surface area contributed by atoms with E-state index in [4.69, 9.17) is 19.1 Å². The number of aryl methyl sites for hydroxylation is 1. The van der Waals surface area contributed by atoms with Crippen LogP contribution in [0.25, 0.3) is 11.0 Å². The van der Waals surface area contributed by atoms with Crippen molar-refractivity contribution in [2.75, 3.05) is 74.0 Å². The summed E-state index contributed by atoms with van der Waals surface area (Å²) in [5, 5.41) is 16.5. The molecule has 44 heavy (non-hydrogen) atoms. The second-order valence-corrected chi connectivity index (χ2v) is 9.84. The van der Waals surface area contributed by atoms with Crippen LogP contribution in [-0.4, -0.2) is 137 Å². The van der Waals surface area contributed by atoms with E-state index in [0.29, 0.717) is 58.5 Å². The molecule has 16 nitrogen and oxygen atoms in total. The second-order valence-electron chi connectivity index (χ2n) is 8.37. The Kier molecular flexibility index (Phi) is 27.6. The quantitative estimate of drug-likeness (QED) is 0.0355. The molecule has 0 saturated heterocycles. The van der Waals surface area contributed by atoms with Crippen molar-refractivity contribution < 1.29 is 46.7 Å². The Hall–Kier alpha value is -4.32. The molecular weight excluding hydrogens is 845 g/mol. The standard InChI is InChI=1S/C16H20N5O3.C8H17NO3.CH4O3S.CH4O.Fm/c1-19(20(2)12-23)11-14-10-13-4-3-6-18-16(13)21(14)8-5-15(24)17-7-9-22;1-9-3-6-12-8-7-11-5-2-4-10;1-5(2,3)4;1-2;/h3-4,6,9-10H,5,7-8,11H2,1-2H3,(H,17,24);4,9H,2-3,5-8H2,1H3;1H3,(H,2,3,4);2H,1H3;/q-1;;;;. The SMILES string of the molecule is CN([C-]=O)N(C)Cc1cc2cccnc2n1CCC(=O)NCC=O.CNCCOCCOCCC=O.CO.CS(=O)(=O)O.[Fm]. The van der Waals surface area contributed by atoms with E-state index in [1.54, 1.807) is 31.7 Å². The number of ether oxygens (including phenoxy) is 2. The second kappa shape index (κ2) is 27.5. The minimum Gasteiger partial charge on any atom is -0.518 e. The summed E-state index contributed by atoms with van der Waals surface area (Å²) in [7, 11) is 2.60. The van der Waals surface area contributed by atoms with Gasteiger partial charge in [0.15, 0.2) is 0 Å². The first-order valence-corrected chi connectivity index (χ1v) is 14.9. The molecule has 0 radical (unpaired) electrons. The number of pyridine rings is 1. The van der Waals surface area contributed by atoms with Crippen molar-refractivity contribution in [3.8, 4) is 0 Å². The van der Waals surface area contributed by atoms with Crippen molar-refractivity contribution in [3.63, 3.8) is 0 Å². The van der Waals surface area contributed by atoms with Crippen LogP contribution in [0.2, 0.25) is 0 Å². The zero-order valence-corrected chi connectivity index (χ0v) is 28.9. The molecule has 2 aromatic rings. The zero-order chi connectivity index (χ0) is 33.1. The number of fused-ring (bicyclic) bond motifs is 1. The van der Waals surface area contributed by atoms with Crippen LogP contribution in [0.1, 0.15) is 18.5 Å². The van der Waals surface area contributed by atoms with E-state index in [2.05, 4.69) is 15.6 Å². The van der Waals surface area contributed by atoms with Gasteiger partial charge in [-0.05, 0) is 32.3 Å². The third-order valence-corrected chi connectivity index (χ3v) is 4.97. The van der Waals surface area contributed by atoms with Gasteiger partial charge in [0.1, 0.15) is 18.2 Å². The molecule has 0 spiro atoms. The summed E-state index contributed by atoms with van der Waals surface area (Å²) in [6.45, 7) is 4.14. The van der Waals surface area contributed by atoms with E-state index in [0.717, 1.165) is 36.7 Å². The Morgan fingerprint density at radius 2 is 1.75 bits per heavy atom. The zero-order valence-electron chi connectivity index (χ0n) is 25.7. The summed E-state index contributed by atoms with van der Waals surface area (Å²) in [5.41, 5.74) is 1.71. The Balaban J connectivity index is -0.000000705. The molecule has 0 unspecified atom stereocenters. The maximum atomic E-state index is 11.7.